The van der Waals surface area contributed by atoms with Gasteiger partial charge in [0, 0.05) is 24.2 Å². The number of aldehydes is 1. The van der Waals surface area contributed by atoms with E-state index >= 15 is 0 Å². The maximum absolute atomic E-state index is 12.5. The lowest BCUT2D eigenvalue weighted by Crippen LogP contribution is -2.34. The van der Waals surface area contributed by atoms with Crippen molar-refractivity contribution in [2.45, 2.75) is 27.7 Å². The summed E-state index contributed by atoms with van der Waals surface area (Å²) >= 11 is 0. The second-order valence-electron chi connectivity index (χ2n) is 5.28. The SMILES string of the molecule is CCN(CCOS(CC)(CC)CC)C(=O)c1ccc(C=O)cc1. The molecule has 0 aliphatic rings. The second kappa shape index (κ2) is 9.73. The van der Waals surface area contributed by atoms with Crippen molar-refractivity contribution in [3.05, 3.63) is 35.4 Å². The Morgan fingerprint density at radius 1 is 1.09 bits per heavy atom. The van der Waals surface area contributed by atoms with Crippen LogP contribution in [0.4, 0.5) is 0 Å². The molecule has 5 heteroatoms. The first-order valence-corrected chi connectivity index (χ1v) is 10.4. The maximum Gasteiger partial charge on any atom is 0.253 e. The third-order valence-electron chi connectivity index (χ3n) is 4.24. The lowest BCUT2D eigenvalue weighted by atomic mass is 10.1. The monoisotopic (exact) mass is 339 g/mol. The van der Waals surface area contributed by atoms with E-state index in [2.05, 4.69) is 20.8 Å². The van der Waals surface area contributed by atoms with Gasteiger partial charge in [0.05, 0.1) is 6.61 Å². The van der Waals surface area contributed by atoms with Crippen LogP contribution in [0.1, 0.15) is 48.4 Å². The summed E-state index contributed by atoms with van der Waals surface area (Å²) in [6, 6.07) is 6.75. The van der Waals surface area contributed by atoms with Crippen LogP contribution in [0.15, 0.2) is 24.3 Å². The number of carbonyl (C=O) groups is 2. The highest BCUT2D eigenvalue weighted by Gasteiger charge is 2.20. The molecule has 23 heavy (non-hydrogen) atoms. The number of hydrogen-bond acceptors (Lipinski definition) is 3. The minimum Gasteiger partial charge on any atom is -0.337 e. The molecule has 130 valence electrons. The number of carbonyl (C=O) groups excluding carboxylic acids is 2. The van der Waals surface area contributed by atoms with Crippen molar-refractivity contribution in [1.82, 2.24) is 4.90 Å². The van der Waals surface area contributed by atoms with Gasteiger partial charge >= 0.3 is 0 Å². The molecule has 0 radical (unpaired) electrons. The van der Waals surface area contributed by atoms with Gasteiger partial charge in [0.2, 0.25) is 0 Å². The molecule has 0 spiro atoms. The average Bonchev–Trinajstić information content (AvgIpc) is 2.62. The fourth-order valence-corrected chi connectivity index (χ4v) is 4.63. The summed E-state index contributed by atoms with van der Waals surface area (Å²) in [4.78, 5) is 25.0. The highest BCUT2D eigenvalue weighted by Crippen LogP contribution is 2.47. The molecule has 1 amide bonds. The first-order valence-electron chi connectivity index (χ1n) is 8.31. The summed E-state index contributed by atoms with van der Waals surface area (Å²) in [7, 11) is -0.990. The van der Waals surface area contributed by atoms with Crippen LogP contribution in [0.2, 0.25) is 0 Å². The first kappa shape index (κ1) is 19.7. The molecule has 1 rings (SSSR count). The molecule has 0 fully saturated rings. The van der Waals surface area contributed by atoms with E-state index in [1.165, 1.54) is 0 Å². The topological polar surface area (TPSA) is 46.6 Å². The highest BCUT2D eigenvalue weighted by atomic mass is 32.3. The zero-order valence-electron chi connectivity index (χ0n) is 14.7. The molecule has 0 N–H and O–H groups in total. The Labute approximate surface area is 141 Å². The summed E-state index contributed by atoms with van der Waals surface area (Å²) in [6.45, 7) is 10.3. The van der Waals surface area contributed by atoms with E-state index in [9.17, 15) is 9.59 Å². The van der Waals surface area contributed by atoms with E-state index in [1.54, 1.807) is 29.2 Å². The highest BCUT2D eigenvalue weighted by molar-refractivity contribution is 8.29. The number of benzene rings is 1. The van der Waals surface area contributed by atoms with Gasteiger partial charge in [0.15, 0.2) is 0 Å². The van der Waals surface area contributed by atoms with Crippen molar-refractivity contribution in [3.63, 3.8) is 0 Å². The Morgan fingerprint density at radius 2 is 1.65 bits per heavy atom. The van der Waals surface area contributed by atoms with Crippen molar-refractivity contribution < 1.29 is 13.8 Å². The lowest BCUT2D eigenvalue weighted by molar-refractivity contribution is 0.0743. The third-order valence-corrected chi connectivity index (χ3v) is 8.06. The van der Waals surface area contributed by atoms with Gasteiger partial charge in [-0.05, 0) is 36.3 Å². The standard InChI is InChI=1S/C18H29NO3S/c1-5-19(13-14-22-23(6-2,7-3)8-4)18(21)17-11-9-16(15-20)10-12-17/h9-12,15H,5-8,13-14H2,1-4H3. The van der Waals surface area contributed by atoms with Crippen LogP contribution in [0.5, 0.6) is 0 Å². The molecular formula is C18H29NO3S. The Balaban J connectivity index is 2.65. The van der Waals surface area contributed by atoms with Gasteiger partial charge in [-0.25, -0.2) is 0 Å². The average molecular weight is 340 g/mol. The molecule has 0 aliphatic heterocycles. The van der Waals surface area contributed by atoms with Gasteiger partial charge in [-0.15, -0.1) is 10.3 Å². The van der Waals surface area contributed by atoms with E-state index < -0.39 is 10.3 Å². The number of nitrogens with zero attached hydrogens (tertiary/aromatic N) is 1. The van der Waals surface area contributed by atoms with Crippen LogP contribution in [0.3, 0.4) is 0 Å². The predicted octanol–water partition coefficient (Wildman–Crippen LogP) is 3.76. The van der Waals surface area contributed by atoms with E-state index in [4.69, 9.17) is 4.18 Å². The summed E-state index contributed by atoms with van der Waals surface area (Å²) in [5, 5.41) is 0. The quantitative estimate of drug-likeness (QED) is 0.610. The number of hydrogen-bond donors (Lipinski definition) is 0. The minimum atomic E-state index is -0.990. The Hall–Kier alpha value is -1.33. The van der Waals surface area contributed by atoms with Gasteiger partial charge in [0.25, 0.3) is 5.91 Å². The van der Waals surface area contributed by atoms with Crippen molar-refractivity contribution in [2.75, 3.05) is 37.0 Å². The molecule has 0 saturated heterocycles. The van der Waals surface area contributed by atoms with Crippen LogP contribution in [0, 0.1) is 0 Å². The zero-order valence-corrected chi connectivity index (χ0v) is 15.5. The fourth-order valence-electron chi connectivity index (χ4n) is 2.48. The van der Waals surface area contributed by atoms with E-state index in [0.717, 1.165) is 23.5 Å². The Kier molecular flexibility index (Phi) is 8.34. The molecule has 4 nitrogen and oxygen atoms in total. The molecule has 0 unspecified atom stereocenters. The normalized spacial score (nSPS) is 12.0. The van der Waals surface area contributed by atoms with Crippen molar-refractivity contribution in [2.24, 2.45) is 0 Å². The molecule has 0 atom stereocenters. The van der Waals surface area contributed by atoms with Gasteiger partial charge in [0.1, 0.15) is 6.29 Å². The van der Waals surface area contributed by atoms with Crippen LogP contribution in [0.25, 0.3) is 0 Å². The number of amides is 1. The van der Waals surface area contributed by atoms with Crippen LogP contribution in [-0.2, 0) is 4.18 Å². The van der Waals surface area contributed by atoms with Crippen molar-refractivity contribution in [1.29, 1.82) is 0 Å². The van der Waals surface area contributed by atoms with Crippen molar-refractivity contribution >= 4 is 22.5 Å². The molecule has 0 saturated carbocycles. The predicted molar refractivity (Wildman–Crippen MR) is 98.6 cm³/mol. The van der Waals surface area contributed by atoms with Crippen LogP contribution >= 0.6 is 10.3 Å². The molecule has 0 aliphatic carbocycles. The lowest BCUT2D eigenvalue weighted by Gasteiger charge is -2.37. The van der Waals surface area contributed by atoms with Crippen molar-refractivity contribution in [3.8, 4) is 0 Å². The summed E-state index contributed by atoms with van der Waals surface area (Å²) in [5.74, 6) is 3.17. The molecule has 0 heterocycles. The van der Waals surface area contributed by atoms with Gasteiger partial charge in [-0.2, -0.15) is 0 Å². The Bertz CT molecular complexity index is 489. The number of likely N-dealkylation sites (N-methyl/N-ethyl adjacent to an activating group) is 1. The smallest absolute Gasteiger partial charge is 0.253 e. The molecule has 0 bridgehead atoms. The summed E-state index contributed by atoms with van der Waals surface area (Å²) in [5.41, 5.74) is 1.19. The first-order chi connectivity index (χ1) is 11.1. The molecule has 1 aromatic carbocycles. The molecular weight excluding hydrogens is 310 g/mol. The van der Waals surface area contributed by atoms with Gasteiger partial charge in [-0.1, -0.05) is 32.9 Å². The van der Waals surface area contributed by atoms with E-state index in [1.807, 2.05) is 6.92 Å². The Morgan fingerprint density at radius 3 is 2.09 bits per heavy atom. The van der Waals surface area contributed by atoms with E-state index in [0.29, 0.717) is 30.8 Å². The molecule has 0 aromatic heterocycles. The second-order valence-corrected chi connectivity index (χ2v) is 9.18. The van der Waals surface area contributed by atoms with Gasteiger partial charge < -0.3 is 9.08 Å². The van der Waals surface area contributed by atoms with E-state index in [-0.39, 0.29) is 5.91 Å². The zero-order chi connectivity index (χ0) is 17.3. The van der Waals surface area contributed by atoms with Gasteiger partial charge in [-0.3, -0.25) is 9.59 Å². The number of rotatable bonds is 10. The van der Waals surface area contributed by atoms with Crippen LogP contribution < -0.4 is 0 Å². The fraction of sp³-hybridized carbons (Fsp3) is 0.556. The van der Waals surface area contributed by atoms with Crippen LogP contribution in [-0.4, -0.2) is 54.0 Å². The minimum absolute atomic E-state index is 0.0151. The molecule has 1 aromatic rings. The largest absolute Gasteiger partial charge is 0.337 e. The third kappa shape index (κ3) is 5.36. The maximum atomic E-state index is 12.5. The summed E-state index contributed by atoms with van der Waals surface area (Å²) < 4.78 is 6.18. The summed E-state index contributed by atoms with van der Waals surface area (Å²) in [6.07, 6.45) is 0.780.